The van der Waals surface area contributed by atoms with E-state index in [1.165, 1.54) is 6.92 Å². The molecule has 2 aromatic rings. The minimum atomic E-state index is -0.725. The van der Waals surface area contributed by atoms with E-state index in [0.29, 0.717) is 12.2 Å². The fourth-order valence-corrected chi connectivity index (χ4v) is 4.62. The second-order valence-corrected chi connectivity index (χ2v) is 8.20. The normalized spacial score (nSPS) is 11.5. The van der Waals surface area contributed by atoms with Crippen molar-refractivity contribution < 1.29 is 23.8 Å². The van der Waals surface area contributed by atoms with Crippen molar-refractivity contribution in [2.75, 3.05) is 13.7 Å². The van der Waals surface area contributed by atoms with Crippen molar-refractivity contribution in [3.05, 3.63) is 49.1 Å². The van der Waals surface area contributed by atoms with Gasteiger partial charge in [0.05, 0.1) is 20.9 Å². The van der Waals surface area contributed by atoms with Crippen LogP contribution < -0.4 is 14.8 Å². The highest BCUT2D eigenvalue weighted by Crippen LogP contribution is 2.33. The quantitative estimate of drug-likeness (QED) is 0.357. The molecule has 0 radical (unpaired) electrons. The first kappa shape index (κ1) is 22.7. The monoisotopic (exact) mass is 609 g/mol. The number of ether oxygens (including phenoxy) is 3. The van der Waals surface area contributed by atoms with Gasteiger partial charge in [-0.25, -0.2) is 4.79 Å². The van der Waals surface area contributed by atoms with Gasteiger partial charge in [0.2, 0.25) is 5.91 Å². The Hall–Kier alpha value is -1.56. The van der Waals surface area contributed by atoms with Crippen molar-refractivity contribution >= 4 is 57.1 Å². The Morgan fingerprint density at radius 2 is 1.64 bits per heavy atom. The Kier molecular flexibility index (Phi) is 8.80. The van der Waals surface area contributed by atoms with E-state index < -0.39 is 12.0 Å². The van der Waals surface area contributed by atoms with Crippen molar-refractivity contribution in [2.24, 2.45) is 0 Å². The molecule has 0 heterocycles. The Morgan fingerprint density at radius 1 is 1.07 bits per heavy atom. The molecular weight excluding hydrogens is 588 g/mol. The lowest BCUT2D eigenvalue weighted by Crippen LogP contribution is -2.42. The van der Waals surface area contributed by atoms with Gasteiger partial charge in [0.25, 0.3) is 0 Å². The van der Waals surface area contributed by atoms with Crippen LogP contribution in [0.1, 0.15) is 19.4 Å². The minimum absolute atomic E-state index is 0.263. The lowest BCUT2D eigenvalue weighted by Gasteiger charge is -2.18. The van der Waals surface area contributed by atoms with Crippen LogP contribution in [0.25, 0.3) is 0 Å². The predicted molar refractivity (Wildman–Crippen MR) is 123 cm³/mol. The van der Waals surface area contributed by atoms with Crippen LogP contribution in [-0.2, 0) is 20.7 Å². The summed E-state index contributed by atoms with van der Waals surface area (Å²) in [7, 11) is 1.62. The number of esters is 1. The molecule has 28 heavy (non-hydrogen) atoms. The molecule has 6 nitrogen and oxygen atoms in total. The van der Waals surface area contributed by atoms with Crippen LogP contribution in [0.15, 0.2) is 36.4 Å². The largest absolute Gasteiger partial charge is 0.497 e. The van der Waals surface area contributed by atoms with E-state index in [4.69, 9.17) is 14.2 Å². The fourth-order valence-electron chi connectivity index (χ4n) is 2.51. The van der Waals surface area contributed by atoms with Gasteiger partial charge in [-0.05, 0) is 94.1 Å². The highest BCUT2D eigenvalue weighted by atomic mass is 127. The minimum Gasteiger partial charge on any atom is -0.497 e. The molecule has 1 N–H and O–H groups in total. The highest BCUT2D eigenvalue weighted by Gasteiger charge is 2.22. The summed E-state index contributed by atoms with van der Waals surface area (Å²) in [4.78, 5) is 23.6. The van der Waals surface area contributed by atoms with Crippen molar-refractivity contribution in [3.63, 3.8) is 0 Å². The molecule has 8 heteroatoms. The number of hydrogen-bond donors (Lipinski definition) is 1. The van der Waals surface area contributed by atoms with E-state index in [9.17, 15) is 9.59 Å². The molecule has 0 aliphatic carbocycles. The number of amides is 1. The zero-order valence-corrected chi connectivity index (χ0v) is 20.1. The first-order valence-electron chi connectivity index (χ1n) is 8.57. The molecule has 0 fully saturated rings. The molecule has 1 amide bonds. The van der Waals surface area contributed by atoms with Gasteiger partial charge in [-0.3, -0.25) is 4.79 Å². The van der Waals surface area contributed by atoms with Gasteiger partial charge in [-0.15, -0.1) is 0 Å². The van der Waals surface area contributed by atoms with Crippen molar-refractivity contribution in [2.45, 2.75) is 26.3 Å². The first-order valence-corrected chi connectivity index (χ1v) is 10.7. The molecule has 0 unspecified atom stereocenters. The summed E-state index contributed by atoms with van der Waals surface area (Å²) in [6.07, 6.45) is 0.341. The molecule has 0 saturated heterocycles. The molecule has 2 rings (SSSR count). The summed E-state index contributed by atoms with van der Waals surface area (Å²) < 4.78 is 18.0. The Labute approximate surface area is 191 Å². The molecular formula is C20H21I2NO5. The highest BCUT2D eigenvalue weighted by molar-refractivity contribution is 14.1. The number of rotatable bonds is 8. The summed E-state index contributed by atoms with van der Waals surface area (Å²) in [6, 6.07) is 10.5. The van der Waals surface area contributed by atoms with Crippen LogP contribution in [0, 0.1) is 7.14 Å². The smallest absolute Gasteiger partial charge is 0.328 e. The molecule has 0 spiro atoms. The Bertz CT molecular complexity index is 816. The lowest BCUT2D eigenvalue weighted by molar-refractivity contribution is -0.147. The molecule has 2 aromatic carbocycles. The first-order chi connectivity index (χ1) is 13.3. The van der Waals surface area contributed by atoms with Crippen molar-refractivity contribution in [3.8, 4) is 17.2 Å². The number of nitrogens with one attached hydrogen (secondary N) is 1. The Morgan fingerprint density at radius 3 is 2.14 bits per heavy atom. The van der Waals surface area contributed by atoms with Gasteiger partial charge in [-0.1, -0.05) is 0 Å². The summed E-state index contributed by atoms with van der Waals surface area (Å²) >= 11 is 4.40. The van der Waals surface area contributed by atoms with Crippen LogP contribution in [0.3, 0.4) is 0 Å². The average molecular weight is 609 g/mol. The maximum Gasteiger partial charge on any atom is 0.328 e. The standard InChI is InChI=1S/C20H21I2NO5/c1-4-27-20(25)18(23-12(2)24)11-13-9-16(21)19(17(22)10-13)28-15-7-5-14(26-3)6-8-15/h5-10,18H,4,11H2,1-3H3,(H,23,24)/t18-/m1/s1. The maximum absolute atomic E-state index is 12.1. The zero-order chi connectivity index (χ0) is 20.7. The molecule has 0 bridgehead atoms. The molecule has 1 atom stereocenters. The van der Waals surface area contributed by atoms with Crippen LogP contribution in [0.4, 0.5) is 0 Å². The van der Waals surface area contributed by atoms with Crippen LogP contribution in [0.2, 0.25) is 0 Å². The summed E-state index contributed by atoms with van der Waals surface area (Å²) in [5.41, 5.74) is 0.905. The molecule has 0 saturated carbocycles. The summed E-state index contributed by atoms with van der Waals surface area (Å²) in [6.45, 7) is 3.38. The third-order valence-corrected chi connectivity index (χ3v) is 5.33. The predicted octanol–water partition coefficient (Wildman–Crippen LogP) is 4.31. The van der Waals surface area contributed by atoms with Crippen molar-refractivity contribution in [1.82, 2.24) is 5.32 Å². The number of carbonyl (C=O) groups is 2. The van der Waals surface area contributed by atoms with Gasteiger partial charge in [-0.2, -0.15) is 0 Å². The molecule has 0 aliphatic rings. The second-order valence-electron chi connectivity index (χ2n) is 5.88. The van der Waals surface area contributed by atoms with Crippen molar-refractivity contribution in [1.29, 1.82) is 0 Å². The van der Waals surface area contributed by atoms with E-state index in [-0.39, 0.29) is 12.5 Å². The SMILES string of the molecule is CCOC(=O)[C@@H](Cc1cc(I)c(Oc2ccc(OC)cc2)c(I)c1)NC(C)=O. The second kappa shape index (κ2) is 10.8. The summed E-state index contributed by atoms with van der Waals surface area (Å²) in [5.74, 6) is 1.48. The average Bonchev–Trinajstić information content (AvgIpc) is 2.64. The molecule has 150 valence electrons. The number of hydrogen-bond acceptors (Lipinski definition) is 5. The topological polar surface area (TPSA) is 73.9 Å². The van der Waals surface area contributed by atoms with Crippen LogP contribution in [0.5, 0.6) is 17.2 Å². The Balaban J connectivity index is 2.20. The number of halogens is 2. The number of carbonyl (C=O) groups excluding carboxylic acids is 2. The van der Waals surface area contributed by atoms with E-state index in [0.717, 1.165) is 24.2 Å². The molecule has 0 aromatic heterocycles. The van der Waals surface area contributed by atoms with Gasteiger partial charge in [0, 0.05) is 13.3 Å². The van der Waals surface area contributed by atoms with Gasteiger partial charge >= 0.3 is 5.97 Å². The third-order valence-electron chi connectivity index (χ3n) is 3.73. The van der Waals surface area contributed by atoms with Crippen LogP contribution >= 0.6 is 45.2 Å². The van der Waals surface area contributed by atoms with E-state index in [2.05, 4.69) is 50.5 Å². The van der Waals surface area contributed by atoms with Gasteiger partial charge in [0.1, 0.15) is 17.5 Å². The molecule has 0 aliphatic heterocycles. The summed E-state index contributed by atoms with van der Waals surface area (Å²) in [5, 5.41) is 2.66. The maximum atomic E-state index is 12.1. The zero-order valence-electron chi connectivity index (χ0n) is 15.8. The third kappa shape index (κ3) is 6.50. The van der Waals surface area contributed by atoms with E-state index >= 15 is 0 Å². The fraction of sp³-hybridized carbons (Fsp3) is 0.300. The number of methoxy groups -OCH3 is 1. The van der Waals surface area contributed by atoms with Gasteiger partial charge < -0.3 is 19.5 Å². The number of benzene rings is 2. The lowest BCUT2D eigenvalue weighted by atomic mass is 10.1. The van der Waals surface area contributed by atoms with E-state index in [1.54, 1.807) is 14.0 Å². The van der Waals surface area contributed by atoms with Gasteiger partial charge in [0.15, 0.2) is 5.75 Å². The van der Waals surface area contributed by atoms with Crippen LogP contribution in [-0.4, -0.2) is 31.6 Å². The van der Waals surface area contributed by atoms with E-state index in [1.807, 2.05) is 36.4 Å².